The van der Waals surface area contributed by atoms with Crippen LogP contribution in [0.4, 0.5) is 4.79 Å². The van der Waals surface area contributed by atoms with Crippen LogP contribution in [-0.2, 0) is 14.4 Å². The predicted molar refractivity (Wildman–Crippen MR) is 128 cm³/mol. The maximum absolute atomic E-state index is 12.7. The molecule has 0 spiro atoms. The van der Waals surface area contributed by atoms with Gasteiger partial charge in [-0.15, -0.1) is 0 Å². The van der Waals surface area contributed by atoms with Crippen LogP contribution in [0.5, 0.6) is 0 Å². The zero-order valence-electron chi connectivity index (χ0n) is 19.9. The number of benzene rings is 2. The monoisotopic (exact) mass is 463 g/mol. The average molecular weight is 464 g/mol. The second-order valence-electron chi connectivity index (χ2n) is 8.69. The first-order valence-corrected chi connectivity index (χ1v) is 10.9. The highest BCUT2D eigenvalue weighted by Crippen LogP contribution is 2.31. The molecule has 0 aromatic heterocycles. The summed E-state index contributed by atoms with van der Waals surface area (Å²) in [6, 6.07) is 8.67. The lowest BCUT2D eigenvalue weighted by molar-refractivity contribution is -0.138. The van der Waals surface area contributed by atoms with Crippen molar-refractivity contribution in [2.75, 3.05) is 7.05 Å². The number of amides is 3. The SMILES string of the molecule is CC1=CC(=O)C(NC(=O)NC(CC(=O)O)c2cc(C)cc(-c3c(C)cccc3C)c2)C(=O)N1C. The molecule has 0 saturated heterocycles. The molecule has 2 atom stereocenters. The Kier molecular flexibility index (Phi) is 7.20. The number of nitrogens with zero attached hydrogens (tertiary/aromatic N) is 1. The molecule has 0 bridgehead atoms. The summed E-state index contributed by atoms with van der Waals surface area (Å²) in [6.45, 7) is 7.55. The molecule has 1 aliphatic heterocycles. The van der Waals surface area contributed by atoms with Crippen LogP contribution in [0.1, 0.15) is 41.6 Å². The van der Waals surface area contributed by atoms with Gasteiger partial charge in [-0.2, -0.15) is 0 Å². The fourth-order valence-corrected chi connectivity index (χ4v) is 4.19. The van der Waals surface area contributed by atoms with Crippen LogP contribution < -0.4 is 10.6 Å². The van der Waals surface area contributed by atoms with Crippen molar-refractivity contribution in [3.8, 4) is 11.1 Å². The number of likely N-dealkylation sites (N-methyl/N-ethyl adjacent to an activating group) is 1. The van der Waals surface area contributed by atoms with Crippen molar-refractivity contribution in [3.05, 3.63) is 70.4 Å². The Bertz CT molecular complexity index is 1180. The first-order valence-electron chi connectivity index (χ1n) is 10.9. The van der Waals surface area contributed by atoms with Crippen LogP contribution in [0.2, 0.25) is 0 Å². The highest BCUT2D eigenvalue weighted by atomic mass is 16.4. The normalized spacial score (nSPS) is 16.7. The number of urea groups is 1. The number of carboxylic acid groups (broad SMARTS) is 1. The van der Waals surface area contributed by atoms with E-state index in [2.05, 4.69) is 10.6 Å². The lowest BCUT2D eigenvalue weighted by Crippen LogP contribution is -2.56. The van der Waals surface area contributed by atoms with E-state index in [1.54, 1.807) is 6.92 Å². The van der Waals surface area contributed by atoms with Crippen molar-refractivity contribution in [3.63, 3.8) is 0 Å². The van der Waals surface area contributed by atoms with Gasteiger partial charge in [-0.3, -0.25) is 14.4 Å². The minimum Gasteiger partial charge on any atom is -0.481 e. The van der Waals surface area contributed by atoms with E-state index in [0.717, 1.165) is 27.8 Å². The van der Waals surface area contributed by atoms with E-state index < -0.39 is 35.8 Å². The molecule has 2 unspecified atom stereocenters. The van der Waals surface area contributed by atoms with E-state index in [-0.39, 0.29) is 6.42 Å². The molecule has 8 nitrogen and oxygen atoms in total. The zero-order chi connectivity index (χ0) is 25.2. The second-order valence-corrected chi connectivity index (χ2v) is 8.69. The van der Waals surface area contributed by atoms with Gasteiger partial charge < -0.3 is 20.6 Å². The molecule has 8 heteroatoms. The lowest BCUT2D eigenvalue weighted by atomic mass is 9.91. The molecular weight excluding hydrogens is 434 g/mol. The van der Waals surface area contributed by atoms with Gasteiger partial charge in [0.25, 0.3) is 5.91 Å². The molecular formula is C26H29N3O5. The number of aryl methyl sites for hydroxylation is 3. The Balaban J connectivity index is 1.90. The van der Waals surface area contributed by atoms with Crippen LogP contribution in [0.15, 0.2) is 48.2 Å². The van der Waals surface area contributed by atoms with Gasteiger partial charge in [0.1, 0.15) is 0 Å². The van der Waals surface area contributed by atoms with Crippen LogP contribution in [0.3, 0.4) is 0 Å². The highest BCUT2D eigenvalue weighted by Gasteiger charge is 2.34. The number of carbonyl (C=O) groups excluding carboxylic acids is 3. The van der Waals surface area contributed by atoms with Gasteiger partial charge in [-0.25, -0.2) is 4.79 Å². The standard InChI is InChI=1S/C26H29N3O5/c1-14-9-18(12-19(10-14)23-15(2)7-6-8-16(23)3)20(13-22(31)32)27-26(34)28-24-21(30)11-17(4)29(5)25(24)33/h6-12,20,24H,13H2,1-5H3,(H,31,32)(H2,27,28,34). The van der Waals surface area contributed by atoms with Gasteiger partial charge in [0, 0.05) is 18.8 Å². The number of allylic oxidation sites excluding steroid dienone is 1. The molecule has 0 fully saturated rings. The van der Waals surface area contributed by atoms with Crippen molar-refractivity contribution < 1.29 is 24.3 Å². The number of rotatable bonds is 6. The molecule has 0 aliphatic carbocycles. The minimum atomic E-state index is -1.36. The molecule has 3 rings (SSSR count). The van der Waals surface area contributed by atoms with Gasteiger partial charge in [0.15, 0.2) is 11.8 Å². The summed E-state index contributed by atoms with van der Waals surface area (Å²) in [5, 5.41) is 14.5. The number of hydrogen-bond acceptors (Lipinski definition) is 4. The number of aliphatic carboxylic acids is 1. The molecule has 0 saturated carbocycles. The Morgan fingerprint density at radius 1 is 1.06 bits per heavy atom. The summed E-state index contributed by atoms with van der Waals surface area (Å²) in [4.78, 5) is 50.4. The number of nitrogens with one attached hydrogen (secondary N) is 2. The van der Waals surface area contributed by atoms with E-state index in [1.807, 2.05) is 57.2 Å². The topological polar surface area (TPSA) is 116 Å². The van der Waals surface area contributed by atoms with E-state index in [1.165, 1.54) is 18.0 Å². The van der Waals surface area contributed by atoms with Crippen LogP contribution >= 0.6 is 0 Å². The van der Waals surface area contributed by atoms with Gasteiger partial charge in [-0.1, -0.05) is 35.9 Å². The van der Waals surface area contributed by atoms with Crippen LogP contribution in [-0.4, -0.2) is 46.8 Å². The van der Waals surface area contributed by atoms with Crippen molar-refractivity contribution in [1.82, 2.24) is 15.5 Å². The molecule has 1 aliphatic rings. The van der Waals surface area contributed by atoms with Crippen molar-refractivity contribution in [2.45, 2.75) is 46.2 Å². The third-order valence-corrected chi connectivity index (χ3v) is 5.97. The van der Waals surface area contributed by atoms with Crippen molar-refractivity contribution in [2.24, 2.45) is 0 Å². The fraction of sp³-hybridized carbons (Fsp3) is 0.308. The van der Waals surface area contributed by atoms with E-state index >= 15 is 0 Å². The third kappa shape index (κ3) is 5.33. The maximum atomic E-state index is 12.7. The summed E-state index contributed by atoms with van der Waals surface area (Å²) in [5.41, 5.74) is 6.14. The molecule has 0 radical (unpaired) electrons. The van der Waals surface area contributed by atoms with E-state index in [4.69, 9.17) is 0 Å². The maximum Gasteiger partial charge on any atom is 0.316 e. The fourth-order valence-electron chi connectivity index (χ4n) is 4.19. The summed E-state index contributed by atoms with van der Waals surface area (Å²) < 4.78 is 0. The van der Waals surface area contributed by atoms with Gasteiger partial charge in [-0.05, 0) is 61.6 Å². The summed E-state index contributed by atoms with van der Waals surface area (Å²) in [6.07, 6.45) is 0.924. The van der Waals surface area contributed by atoms with Crippen molar-refractivity contribution in [1.29, 1.82) is 0 Å². The Morgan fingerprint density at radius 2 is 1.71 bits per heavy atom. The molecule has 3 amide bonds. The number of carboxylic acids is 1. The van der Waals surface area contributed by atoms with Crippen molar-refractivity contribution >= 4 is 23.7 Å². The number of hydrogen-bond donors (Lipinski definition) is 3. The summed E-state index contributed by atoms with van der Waals surface area (Å²) >= 11 is 0. The predicted octanol–water partition coefficient (Wildman–Crippen LogP) is 3.41. The van der Waals surface area contributed by atoms with Gasteiger partial charge in [0.2, 0.25) is 0 Å². The lowest BCUT2D eigenvalue weighted by Gasteiger charge is -2.28. The Labute approximate surface area is 198 Å². The van der Waals surface area contributed by atoms with Gasteiger partial charge in [0.05, 0.1) is 12.5 Å². The minimum absolute atomic E-state index is 0.367. The molecule has 178 valence electrons. The summed E-state index contributed by atoms with van der Waals surface area (Å²) in [5.74, 6) is -2.18. The molecule has 3 N–H and O–H groups in total. The first-order chi connectivity index (χ1) is 16.0. The highest BCUT2D eigenvalue weighted by molar-refractivity contribution is 6.15. The van der Waals surface area contributed by atoms with E-state index in [9.17, 15) is 24.3 Å². The van der Waals surface area contributed by atoms with Crippen LogP contribution in [0.25, 0.3) is 11.1 Å². The molecule has 2 aromatic rings. The zero-order valence-corrected chi connectivity index (χ0v) is 19.9. The average Bonchev–Trinajstić information content (AvgIpc) is 2.74. The van der Waals surface area contributed by atoms with Crippen LogP contribution in [0, 0.1) is 20.8 Å². The van der Waals surface area contributed by atoms with E-state index in [0.29, 0.717) is 11.3 Å². The first kappa shape index (κ1) is 24.7. The Morgan fingerprint density at radius 3 is 2.32 bits per heavy atom. The molecule has 34 heavy (non-hydrogen) atoms. The molecule has 2 aromatic carbocycles. The smallest absolute Gasteiger partial charge is 0.316 e. The number of carbonyl (C=O) groups is 4. The Hall–Kier alpha value is -3.94. The second kappa shape index (κ2) is 9.91. The quantitative estimate of drug-likeness (QED) is 0.568. The number of ketones is 1. The molecule has 1 heterocycles. The van der Waals surface area contributed by atoms with Gasteiger partial charge >= 0.3 is 12.0 Å². The summed E-state index contributed by atoms with van der Waals surface area (Å²) in [7, 11) is 1.52. The third-order valence-electron chi connectivity index (χ3n) is 5.97. The largest absolute Gasteiger partial charge is 0.481 e.